The Kier molecular flexibility index (Phi) is 16.0. The summed E-state index contributed by atoms with van der Waals surface area (Å²) < 4.78 is 108. The maximum absolute atomic E-state index is 13.7. The molecule has 0 heterocycles. The SMILES string of the molecule is CC1CCC(C)CC1.Cc1ccc(-c2ccc(C)c(F)c2)cc1F.Cc1ccc(-c2ccc(C)c(F)c2F)c(F)c1.Cc1ccc(-c2ccc(C)c(F)c2F)cc1F. The van der Waals surface area contributed by atoms with Crippen molar-refractivity contribution in [1.29, 1.82) is 0 Å². The number of hydrogen-bond donors (Lipinski definition) is 0. The first kappa shape index (κ1) is 45.5. The van der Waals surface area contributed by atoms with Gasteiger partial charge in [0.15, 0.2) is 23.3 Å². The van der Waals surface area contributed by atoms with E-state index in [0.717, 1.165) is 17.4 Å². The molecule has 1 aliphatic carbocycles. The van der Waals surface area contributed by atoms with Gasteiger partial charge < -0.3 is 0 Å². The molecule has 0 N–H and O–H groups in total. The zero-order chi connectivity index (χ0) is 42.8. The van der Waals surface area contributed by atoms with E-state index >= 15 is 0 Å². The van der Waals surface area contributed by atoms with Crippen LogP contribution < -0.4 is 0 Å². The van der Waals surface area contributed by atoms with Gasteiger partial charge in [-0.15, -0.1) is 0 Å². The third kappa shape index (κ3) is 11.9. The summed E-state index contributed by atoms with van der Waals surface area (Å²) in [6.45, 7) is 14.4. The fraction of sp³-hybridized carbons (Fsp3) is 0.280. The first-order valence-corrected chi connectivity index (χ1v) is 19.3. The lowest BCUT2D eigenvalue weighted by atomic mass is 9.84. The molecule has 0 saturated heterocycles. The Balaban J connectivity index is 0.000000176. The van der Waals surface area contributed by atoms with Crippen LogP contribution in [0.4, 0.5) is 35.1 Å². The molecule has 8 heteroatoms. The number of rotatable bonds is 3. The molecule has 0 aromatic heterocycles. The third-order valence-corrected chi connectivity index (χ3v) is 10.4. The van der Waals surface area contributed by atoms with E-state index in [0.29, 0.717) is 33.4 Å². The highest BCUT2D eigenvalue weighted by Crippen LogP contribution is 2.30. The summed E-state index contributed by atoms with van der Waals surface area (Å²) in [4.78, 5) is 0. The second kappa shape index (κ2) is 20.4. The average Bonchev–Trinajstić information content (AvgIpc) is 3.19. The Labute approximate surface area is 337 Å². The summed E-state index contributed by atoms with van der Waals surface area (Å²) in [5.74, 6) is -3.23. The van der Waals surface area contributed by atoms with E-state index in [2.05, 4.69) is 13.8 Å². The minimum absolute atomic E-state index is 0.0504. The van der Waals surface area contributed by atoms with Gasteiger partial charge in [-0.25, -0.2) is 35.1 Å². The molecule has 6 aromatic rings. The van der Waals surface area contributed by atoms with Gasteiger partial charge in [0.2, 0.25) is 0 Å². The van der Waals surface area contributed by atoms with Crippen LogP contribution in [0.25, 0.3) is 33.4 Å². The molecule has 1 fully saturated rings. The predicted octanol–water partition coefficient (Wildman–Crippen LogP) is 15.9. The number of benzene rings is 6. The van der Waals surface area contributed by atoms with E-state index in [-0.39, 0.29) is 39.5 Å². The molecular weight excluding hydrogens is 753 g/mol. The molecule has 0 nitrogen and oxygen atoms in total. The van der Waals surface area contributed by atoms with Crippen molar-refractivity contribution < 1.29 is 35.1 Å². The fourth-order valence-corrected chi connectivity index (χ4v) is 6.29. The highest BCUT2D eigenvalue weighted by molar-refractivity contribution is 5.67. The standard InChI is InChI=1S/2C14H11F3.C14H12F2.C8H16/c1-8-3-5-10(7-12(8)15)11-6-4-9(2)13(16)14(11)17;1-8-3-5-10(12(15)7-8)11-6-4-9(2)13(16)14(11)17;1-9-3-5-11(7-13(9)15)12-6-4-10(2)14(16)8-12;1-7-3-5-8(2)6-4-7/h2*3-7H,1-2H3;3-8H,1-2H3;7-8H,3-6H2,1-2H3. The Morgan fingerprint density at radius 2 is 0.672 bits per heavy atom. The Morgan fingerprint density at radius 3 is 1.09 bits per heavy atom. The van der Waals surface area contributed by atoms with Crippen LogP contribution in [0, 0.1) is 99.9 Å². The van der Waals surface area contributed by atoms with Gasteiger partial charge in [0.1, 0.15) is 23.3 Å². The van der Waals surface area contributed by atoms with Crippen LogP contribution in [0.15, 0.2) is 97.1 Å². The van der Waals surface area contributed by atoms with Crippen molar-refractivity contribution in [2.45, 2.75) is 81.1 Å². The molecule has 0 radical (unpaired) electrons. The lowest BCUT2D eigenvalue weighted by Crippen LogP contribution is -2.08. The van der Waals surface area contributed by atoms with Crippen molar-refractivity contribution in [3.05, 3.63) is 177 Å². The molecule has 1 aliphatic rings. The van der Waals surface area contributed by atoms with Gasteiger partial charge in [-0.1, -0.05) is 112 Å². The summed E-state index contributed by atoms with van der Waals surface area (Å²) in [6, 6.07) is 24.3. The number of hydrogen-bond acceptors (Lipinski definition) is 0. The minimum atomic E-state index is -1.01. The lowest BCUT2D eigenvalue weighted by Gasteiger charge is -2.22. The largest absolute Gasteiger partial charge is 0.207 e. The van der Waals surface area contributed by atoms with Crippen LogP contribution in [-0.4, -0.2) is 0 Å². The Hall–Kier alpha value is -5.24. The van der Waals surface area contributed by atoms with E-state index in [9.17, 15) is 35.1 Å². The Bertz CT molecular complexity index is 2280. The molecule has 1 saturated carbocycles. The van der Waals surface area contributed by atoms with Gasteiger partial charge in [0.05, 0.1) is 0 Å². The van der Waals surface area contributed by atoms with Crippen LogP contribution in [0.3, 0.4) is 0 Å². The van der Waals surface area contributed by atoms with Crippen LogP contribution in [0.5, 0.6) is 0 Å². The van der Waals surface area contributed by atoms with Crippen molar-refractivity contribution >= 4 is 0 Å². The van der Waals surface area contributed by atoms with Gasteiger partial charge in [-0.05, 0) is 128 Å². The minimum Gasteiger partial charge on any atom is -0.207 e. The first-order chi connectivity index (χ1) is 27.4. The van der Waals surface area contributed by atoms with Gasteiger partial charge in [-0.2, -0.15) is 0 Å². The second-order valence-electron chi connectivity index (χ2n) is 15.4. The molecule has 0 amide bonds. The molecule has 7 rings (SSSR count). The lowest BCUT2D eigenvalue weighted by molar-refractivity contribution is 0.308. The zero-order valence-corrected chi connectivity index (χ0v) is 34.2. The summed E-state index contributed by atoms with van der Waals surface area (Å²) in [7, 11) is 0. The van der Waals surface area contributed by atoms with Crippen LogP contribution >= 0.6 is 0 Å². The monoisotopic (exact) mass is 802 g/mol. The molecule has 6 aromatic carbocycles. The van der Waals surface area contributed by atoms with E-state index in [4.69, 9.17) is 0 Å². The molecular formula is C50H50F8. The molecule has 0 unspecified atom stereocenters. The molecule has 0 aliphatic heterocycles. The van der Waals surface area contributed by atoms with Crippen LogP contribution in [0.1, 0.15) is 72.9 Å². The van der Waals surface area contributed by atoms with Crippen molar-refractivity contribution in [2.24, 2.45) is 11.8 Å². The smallest absolute Gasteiger partial charge is 0.167 e. The maximum Gasteiger partial charge on any atom is 0.167 e. The molecule has 0 atom stereocenters. The fourth-order valence-electron chi connectivity index (χ4n) is 6.29. The van der Waals surface area contributed by atoms with Crippen LogP contribution in [0.2, 0.25) is 0 Å². The van der Waals surface area contributed by atoms with Crippen molar-refractivity contribution in [3.63, 3.8) is 0 Å². The second-order valence-corrected chi connectivity index (χ2v) is 15.4. The van der Waals surface area contributed by atoms with Gasteiger partial charge in [0.25, 0.3) is 0 Å². The highest BCUT2D eigenvalue weighted by atomic mass is 19.2. The number of aryl methyl sites for hydroxylation is 6. The van der Waals surface area contributed by atoms with Gasteiger partial charge in [-0.3, -0.25) is 0 Å². The molecule has 0 bridgehead atoms. The topological polar surface area (TPSA) is 0 Å². The van der Waals surface area contributed by atoms with E-state index < -0.39 is 34.9 Å². The van der Waals surface area contributed by atoms with Crippen molar-refractivity contribution in [2.75, 3.05) is 0 Å². The summed E-state index contributed by atoms with van der Waals surface area (Å²) >= 11 is 0. The summed E-state index contributed by atoms with van der Waals surface area (Å²) in [5.41, 5.74) is 4.67. The average molecular weight is 803 g/mol. The van der Waals surface area contributed by atoms with Gasteiger partial charge >= 0.3 is 0 Å². The quantitative estimate of drug-likeness (QED) is 0.156. The number of halogens is 8. The van der Waals surface area contributed by atoms with Crippen LogP contribution in [-0.2, 0) is 0 Å². The van der Waals surface area contributed by atoms with Gasteiger partial charge in [0, 0.05) is 16.7 Å². The van der Waals surface area contributed by atoms with E-state index in [1.165, 1.54) is 94.1 Å². The third-order valence-electron chi connectivity index (χ3n) is 10.4. The highest BCUT2D eigenvalue weighted by Gasteiger charge is 2.16. The molecule has 0 spiro atoms. The molecule has 58 heavy (non-hydrogen) atoms. The van der Waals surface area contributed by atoms with E-state index in [1.54, 1.807) is 70.2 Å². The Morgan fingerprint density at radius 1 is 0.328 bits per heavy atom. The van der Waals surface area contributed by atoms with Crippen molar-refractivity contribution in [3.8, 4) is 33.4 Å². The van der Waals surface area contributed by atoms with E-state index in [1.807, 2.05) is 0 Å². The van der Waals surface area contributed by atoms with Crippen molar-refractivity contribution in [1.82, 2.24) is 0 Å². The maximum atomic E-state index is 13.7. The predicted molar refractivity (Wildman–Crippen MR) is 221 cm³/mol. The summed E-state index contributed by atoms with van der Waals surface area (Å²) in [5, 5.41) is 0. The normalized spacial score (nSPS) is 14.6. The molecule has 306 valence electrons. The first-order valence-electron chi connectivity index (χ1n) is 19.3. The zero-order valence-electron chi connectivity index (χ0n) is 34.2. The summed E-state index contributed by atoms with van der Waals surface area (Å²) in [6.07, 6.45) is 5.89.